The number of hydrogen-bond donors (Lipinski definition) is 2. The van der Waals surface area contributed by atoms with Crippen LogP contribution in [0, 0.1) is 6.92 Å². The first-order valence-corrected chi connectivity index (χ1v) is 10.0. The fourth-order valence-corrected chi connectivity index (χ4v) is 3.25. The van der Waals surface area contributed by atoms with Gasteiger partial charge in [-0.1, -0.05) is 54.1 Å². The highest BCUT2D eigenvalue weighted by molar-refractivity contribution is 9.10. The Kier molecular flexibility index (Phi) is 7.03. The van der Waals surface area contributed by atoms with E-state index in [4.69, 9.17) is 4.74 Å². The van der Waals surface area contributed by atoms with E-state index >= 15 is 0 Å². The third-order valence-corrected chi connectivity index (χ3v) is 4.97. The first kappa shape index (κ1) is 21.3. The first-order valence-electron chi connectivity index (χ1n) is 9.21. The van der Waals surface area contributed by atoms with Gasteiger partial charge in [0.2, 0.25) is 0 Å². The van der Waals surface area contributed by atoms with Crippen molar-refractivity contribution in [2.24, 2.45) is 0 Å². The number of nitrogens with one attached hydrogen (secondary N) is 1. The van der Waals surface area contributed by atoms with Crippen LogP contribution in [0.5, 0.6) is 5.75 Å². The van der Waals surface area contributed by atoms with Gasteiger partial charge in [0.25, 0.3) is 5.91 Å². The Morgan fingerprint density at radius 1 is 1.03 bits per heavy atom. The third kappa shape index (κ3) is 5.81. The summed E-state index contributed by atoms with van der Waals surface area (Å²) in [4.78, 5) is 24.0. The summed E-state index contributed by atoms with van der Waals surface area (Å²) in [5, 5.41) is 11.9. The lowest BCUT2D eigenvalue weighted by Gasteiger charge is -2.09. The van der Waals surface area contributed by atoms with Crippen molar-refractivity contribution in [3.63, 3.8) is 0 Å². The molecule has 30 heavy (non-hydrogen) atoms. The summed E-state index contributed by atoms with van der Waals surface area (Å²) in [5.74, 6) is -1.06. The second-order valence-electron chi connectivity index (χ2n) is 6.64. The molecule has 0 saturated carbocycles. The van der Waals surface area contributed by atoms with Gasteiger partial charge in [0.1, 0.15) is 18.1 Å². The minimum Gasteiger partial charge on any atom is -0.489 e. The molecule has 3 aromatic rings. The monoisotopic (exact) mass is 465 g/mol. The minimum absolute atomic E-state index is 0.218. The zero-order chi connectivity index (χ0) is 21.5. The SMILES string of the molecule is Cc1cccc(COc2ccc(/C=C(\NC(=O)c3ccccc3Br)C(=O)O)cc2)c1. The van der Waals surface area contributed by atoms with Crippen LogP contribution in [0.1, 0.15) is 27.0 Å². The number of aliphatic carboxylic acids is 1. The Bertz CT molecular complexity index is 1090. The topological polar surface area (TPSA) is 75.6 Å². The van der Waals surface area contributed by atoms with Gasteiger partial charge >= 0.3 is 5.97 Å². The summed E-state index contributed by atoms with van der Waals surface area (Å²) in [6, 6.07) is 21.9. The summed E-state index contributed by atoms with van der Waals surface area (Å²) < 4.78 is 6.36. The molecule has 152 valence electrons. The zero-order valence-corrected chi connectivity index (χ0v) is 17.8. The Labute approximate surface area is 183 Å². The predicted octanol–water partition coefficient (Wildman–Crippen LogP) is 5.19. The lowest BCUT2D eigenvalue weighted by molar-refractivity contribution is -0.132. The van der Waals surface area contributed by atoms with Gasteiger partial charge in [-0.2, -0.15) is 0 Å². The number of carboxylic acid groups (broad SMARTS) is 1. The van der Waals surface area contributed by atoms with E-state index < -0.39 is 11.9 Å². The summed E-state index contributed by atoms with van der Waals surface area (Å²) in [6.07, 6.45) is 1.40. The lowest BCUT2D eigenvalue weighted by Crippen LogP contribution is -2.27. The summed E-state index contributed by atoms with van der Waals surface area (Å²) in [5.41, 5.74) is 3.00. The van der Waals surface area contributed by atoms with Crippen molar-refractivity contribution in [2.45, 2.75) is 13.5 Å². The van der Waals surface area contributed by atoms with Crippen LogP contribution in [-0.4, -0.2) is 17.0 Å². The van der Waals surface area contributed by atoms with Crippen LogP contribution in [0.4, 0.5) is 0 Å². The fraction of sp³-hybridized carbons (Fsp3) is 0.0833. The molecule has 0 radical (unpaired) electrons. The molecule has 0 spiro atoms. The van der Waals surface area contributed by atoms with E-state index in [9.17, 15) is 14.7 Å². The van der Waals surface area contributed by atoms with Crippen LogP contribution < -0.4 is 10.1 Å². The van der Waals surface area contributed by atoms with E-state index in [0.717, 1.165) is 5.56 Å². The highest BCUT2D eigenvalue weighted by Gasteiger charge is 2.15. The Morgan fingerprint density at radius 2 is 1.77 bits per heavy atom. The number of benzene rings is 3. The minimum atomic E-state index is -1.23. The molecule has 0 fully saturated rings. The molecule has 0 aliphatic heterocycles. The van der Waals surface area contributed by atoms with Gasteiger partial charge in [-0.3, -0.25) is 4.79 Å². The molecule has 0 heterocycles. The average molecular weight is 466 g/mol. The van der Waals surface area contributed by atoms with E-state index in [2.05, 4.69) is 27.3 Å². The summed E-state index contributed by atoms with van der Waals surface area (Å²) >= 11 is 3.29. The third-order valence-electron chi connectivity index (χ3n) is 4.28. The second kappa shape index (κ2) is 9.89. The number of hydrogen-bond acceptors (Lipinski definition) is 3. The maximum absolute atomic E-state index is 12.4. The standard InChI is InChI=1S/C24H20BrNO4/c1-16-5-4-6-18(13-16)15-30-19-11-9-17(10-12-19)14-22(24(28)29)26-23(27)20-7-2-3-8-21(20)25/h2-14H,15H2,1H3,(H,26,27)(H,28,29)/b22-14-. The molecule has 6 heteroatoms. The largest absolute Gasteiger partial charge is 0.489 e. The number of rotatable bonds is 7. The van der Waals surface area contributed by atoms with Crippen molar-refractivity contribution in [1.82, 2.24) is 5.32 Å². The molecular weight excluding hydrogens is 446 g/mol. The van der Waals surface area contributed by atoms with E-state index in [1.807, 2.05) is 25.1 Å². The van der Waals surface area contributed by atoms with Crippen LogP contribution in [0.2, 0.25) is 0 Å². The Morgan fingerprint density at radius 3 is 2.43 bits per heavy atom. The molecule has 5 nitrogen and oxygen atoms in total. The van der Waals surface area contributed by atoms with Gasteiger partial charge in [-0.25, -0.2) is 4.79 Å². The maximum atomic E-state index is 12.4. The number of carboxylic acids is 1. The van der Waals surface area contributed by atoms with Gasteiger partial charge in [-0.05, 0) is 64.3 Å². The first-order chi connectivity index (χ1) is 14.4. The van der Waals surface area contributed by atoms with Gasteiger partial charge < -0.3 is 15.2 Å². The van der Waals surface area contributed by atoms with Crippen molar-refractivity contribution in [3.05, 3.63) is 105 Å². The number of carbonyl (C=O) groups excluding carboxylic acids is 1. The van der Waals surface area contributed by atoms with Crippen LogP contribution in [0.15, 0.2) is 83.0 Å². The number of ether oxygens (including phenoxy) is 1. The molecule has 3 aromatic carbocycles. The number of amides is 1. The van der Waals surface area contributed by atoms with Crippen LogP contribution >= 0.6 is 15.9 Å². The average Bonchev–Trinajstić information content (AvgIpc) is 2.73. The quantitative estimate of drug-likeness (QED) is 0.470. The van der Waals surface area contributed by atoms with Gasteiger partial charge in [0.15, 0.2) is 0 Å². The molecule has 0 aliphatic rings. The van der Waals surface area contributed by atoms with Crippen LogP contribution in [-0.2, 0) is 11.4 Å². The van der Waals surface area contributed by atoms with Gasteiger partial charge in [0, 0.05) is 4.47 Å². The number of aryl methyl sites for hydroxylation is 1. The molecule has 0 aliphatic carbocycles. The fourth-order valence-electron chi connectivity index (χ4n) is 2.78. The van der Waals surface area contributed by atoms with Gasteiger partial charge in [-0.15, -0.1) is 0 Å². The second-order valence-corrected chi connectivity index (χ2v) is 7.50. The molecule has 0 unspecified atom stereocenters. The smallest absolute Gasteiger partial charge is 0.352 e. The van der Waals surface area contributed by atoms with Crippen molar-refractivity contribution in [3.8, 4) is 5.75 Å². The van der Waals surface area contributed by atoms with Crippen LogP contribution in [0.25, 0.3) is 6.08 Å². The summed E-state index contributed by atoms with van der Waals surface area (Å²) in [6.45, 7) is 2.47. The molecule has 1 amide bonds. The highest BCUT2D eigenvalue weighted by Crippen LogP contribution is 2.18. The molecule has 0 saturated heterocycles. The molecule has 0 atom stereocenters. The summed E-state index contributed by atoms with van der Waals surface area (Å²) in [7, 11) is 0. The molecule has 3 rings (SSSR count). The van der Waals surface area contributed by atoms with E-state index in [-0.39, 0.29) is 5.70 Å². The maximum Gasteiger partial charge on any atom is 0.352 e. The van der Waals surface area contributed by atoms with Crippen molar-refractivity contribution in [2.75, 3.05) is 0 Å². The van der Waals surface area contributed by atoms with Crippen molar-refractivity contribution in [1.29, 1.82) is 0 Å². The van der Waals surface area contributed by atoms with E-state index in [0.29, 0.717) is 28.0 Å². The predicted molar refractivity (Wildman–Crippen MR) is 119 cm³/mol. The number of carbonyl (C=O) groups is 2. The van der Waals surface area contributed by atoms with Crippen molar-refractivity contribution < 1.29 is 19.4 Å². The van der Waals surface area contributed by atoms with E-state index in [1.54, 1.807) is 48.5 Å². The normalized spacial score (nSPS) is 11.1. The Balaban J connectivity index is 1.69. The van der Waals surface area contributed by atoms with E-state index in [1.165, 1.54) is 11.6 Å². The molecule has 0 bridgehead atoms. The van der Waals surface area contributed by atoms with Crippen molar-refractivity contribution >= 4 is 33.9 Å². The highest BCUT2D eigenvalue weighted by atomic mass is 79.9. The molecule has 0 aromatic heterocycles. The van der Waals surface area contributed by atoms with Crippen LogP contribution in [0.3, 0.4) is 0 Å². The number of halogens is 1. The zero-order valence-electron chi connectivity index (χ0n) is 16.3. The lowest BCUT2D eigenvalue weighted by atomic mass is 10.1. The van der Waals surface area contributed by atoms with Gasteiger partial charge in [0.05, 0.1) is 5.56 Å². The Hall–Kier alpha value is -3.38. The molecular formula is C24H20BrNO4. The molecule has 2 N–H and O–H groups in total.